The molecule has 1 aromatic rings. The molecule has 1 rings (SSSR count). The zero-order valence-corrected chi connectivity index (χ0v) is 10.2. The Morgan fingerprint density at radius 2 is 1.80 bits per heavy atom. The van der Waals surface area contributed by atoms with E-state index in [0.717, 1.165) is 6.54 Å². The van der Waals surface area contributed by atoms with Crippen molar-refractivity contribution in [3.8, 4) is 0 Å². The third-order valence-electron chi connectivity index (χ3n) is 2.45. The van der Waals surface area contributed by atoms with Crippen LogP contribution in [0.2, 0.25) is 0 Å². The summed E-state index contributed by atoms with van der Waals surface area (Å²) in [6.07, 6.45) is 0. The Hall–Kier alpha value is -0.860. The maximum atomic E-state index is 5.06. The molecule has 0 spiro atoms. The SMILES string of the molecule is COCN(C)Cc1ccc(C(C)C)cc1. The summed E-state index contributed by atoms with van der Waals surface area (Å²) >= 11 is 0. The van der Waals surface area contributed by atoms with Gasteiger partial charge in [-0.3, -0.25) is 4.90 Å². The van der Waals surface area contributed by atoms with Gasteiger partial charge in [-0.25, -0.2) is 0 Å². The lowest BCUT2D eigenvalue weighted by molar-refractivity contribution is 0.0771. The molecular weight excluding hydrogens is 186 g/mol. The van der Waals surface area contributed by atoms with Gasteiger partial charge in [-0.1, -0.05) is 38.1 Å². The van der Waals surface area contributed by atoms with Gasteiger partial charge in [-0.2, -0.15) is 0 Å². The van der Waals surface area contributed by atoms with Gasteiger partial charge in [0, 0.05) is 13.7 Å². The Balaban J connectivity index is 2.56. The first-order valence-electron chi connectivity index (χ1n) is 5.39. The van der Waals surface area contributed by atoms with Gasteiger partial charge in [-0.15, -0.1) is 0 Å². The van der Waals surface area contributed by atoms with Crippen LogP contribution in [0.25, 0.3) is 0 Å². The summed E-state index contributed by atoms with van der Waals surface area (Å²) in [5.74, 6) is 0.607. The maximum Gasteiger partial charge on any atom is 0.0986 e. The minimum Gasteiger partial charge on any atom is -0.369 e. The Morgan fingerprint density at radius 3 is 2.27 bits per heavy atom. The molecule has 0 unspecified atom stereocenters. The van der Waals surface area contributed by atoms with Gasteiger partial charge in [0.2, 0.25) is 0 Å². The van der Waals surface area contributed by atoms with Crippen LogP contribution in [-0.4, -0.2) is 25.8 Å². The van der Waals surface area contributed by atoms with Crippen molar-refractivity contribution in [3.05, 3.63) is 35.4 Å². The number of rotatable bonds is 5. The monoisotopic (exact) mass is 207 g/mol. The fourth-order valence-electron chi connectivity index (χ4n) is 1.59. The first-order chi connectivity index (χ1) is 7.13. The van der Waals surface area contributed by atoms with Gasteiger partial charge in [0.1, 0.15) is 0 Å². The predicted octanol–water partition coefficient (Wildman–Crippen LogP) is 2.85. The van der Waals surface area contributed by atoms with Crippen LogP contribution < -0.4 is 0 Å². The zero-order valence-electron chi connectivity index (χ0n) is 10.2. The van der Waals surface area contributed by atoms with E-state index in [2.05, 4.69) is 50.1 Å². The van der Waals surface area contributed by atoms with E-state index in [1.54, 1.807) is 7.11 Å². The molecule has 0 aromatic heterocycles. The van der Waals surface area contributed by atoms with Crippen molar-refractivity contribution in [2.24, 2.45) is 0 Å². The standard InChI is InChI=1S/C13H21NO/c1-11(2)13-7-5-12(6-8-13)9-14(3)10-15-4/h5-8,11H,9-10H2,1-4H3. The van der Waals surface area contributed by atoms with E-state index < -0.39 is 0 Å². The number of methoxy groups -OCH3 is 1. The second-order valence-electron chi connectivity index (χ2n) is 4.33. The van der Waals surface area contributed by atoms with Crippen molar-refractivity contribution in [1.29, 1.82) is 0 Å². The molecule has 0 saturated heterocycles. The third kappa shape index (κ3) is 4.02. The lowest BCUT2D eigenvalue weighted by Crippen LogP contribution is -2.20. The molecule has 0 aliphatic heterocycles. The van der Waals surface area contributed by atoms with E-state index in [1.807, 2.05) is 0 Å². The Kier molecular flexibility index (Phi) is 4.79. The quantitative estimate of drug-likeness (QED) is 0.688. The van der Waals surface area contributed by atoms with E-state index in [9.17, 15) is 0 Å². The second-order valence-corrected chi connectivity index (χ2v) is 4.33. The molecule has 0 fully saturated rings. The normalized spacial score (nSPS) is 11.3. The summed E-state index contributed by atoms with van der Waals surface area (Å²) in [6, 6.07) is 8.81. The lowest BCUT2D eigenvalue weighted by Gasteiger charge is -2.15. The minimum atomic E-state index is 0.607. The zero-order chi connectivity index (χ0) is 11.3. The van der Waals surface area contributed by atoms with Crippen molar-refractivity contribution in [3.63, 3.8) is 0 Å². The third-order valence-corrected chi connectivity index (χ3v) is 2.45. The molecule has 0 radical (unpaired) electrons. The first-order valence-corrected chi connectivity index (χ1v) is 5.39. The summed E-state index contributed by atoms with van der Waals surface area (Å²) in [5.41, 5.74) is 2.73. The Bertz CT molecular complexity index is 279. The molecule has 2 nitrogen and oxygen atoms in total. The van der Waals surface area contributed by atoms with Crippen molar-refractivity contribution < 1.29 is 4.74 Å². The lowest BCUT2D eigenvalue weighted by atomic mass is 10.0. The van der Waals surface area contributed by atoms with Gasteiger partial charge in [0.15, 0.2) is 0 Å². The van der Waals surface area contributed by atoms with Crippen LogP contribution in [0.3, 0.4) is 0 Å². The minimum absolute atomic E-state index is 0.607. The van der Waals surface area contributed by atoms with Crippen LogP contribution in [0.5, 0.6) is 0 Å². The van der Waals surface area contributed by atoms with Crippen LogP contribution in [0, 0.1) is 0 Å². The van der Waals surface area contributed by atoms with Gasteiger partial charge in [0.05, 0.1) is 6.73 Å². The molecule has 2 heteroatoms. The number of hydrogen-bond acceptors (Lipinski definition) is 2. The highest BCUT2D eigenvalue weighted by atomic mass is 16.5. The summed E-state index contributed by atoms with van der Waals surface area (Å²) in [4.78, 5) is 2.14. The number of hydrogen-bond donors (Lipinski definition) is 0. The van der Waals surface area contributed by atoms with E-state index in [0.29, 0.717) is 12.6 Å². The van der Waals surface area contributed by atoms with Crippen molar-refractivity contribution in [1.82, 2.24) is 4.90 Å². The first kappa shape index (κ1) is 12.2. The summed E-state index contributed by atoms with van der Waals surface area (Å²) in [5, 5.41) is 0. The van der Waals surface area contributed by atoms with Gasteiger partial charge >= 0.3 is 0 Å². The van der Waals surface area contributed by atoms with Gasteiger partial charge in [0.25, 0.3) is 0 Å². The molecule has 0 aliphatic carbocycles. The van der Waals surface area contributed by atoms with Crippen LogP contribution >= 0.6 is 0 Å². The van der Waals surface area contributed by atoms with Crippen LogP contribution in [0.15, 0.2) is 24.3 Å². The number of nitrogens with zero attached hydrogens (tertiary/aromatic N) is 1. The van der Waals surface area contributed by atoms with Crippen LogP contribution in [0.1, 0.15) is 30.9 Å². The van der Waals surface area contributed by atoms with E-state index >= 15 is 0 Å². The van der Waals surface area contributed by atoms with Gasteiger partial charge in [-0.05, 0) is 24.1 Å². The van der Waals surface area contributed by atoms with Crippen molar-refractivity contribution >= 4 is 0 Å². The predicted molar refractivity (Wildman–Crippen MR) is 63.9 cm³/mol. The number of benzene rings is 1. The maximum absolute atomic E-state index is 5.06. The van der Waals surface area contributed by atoms with Crippen molar-refractivity contribution in [2.75, 3.05) is 20.9 Å². The topological polar surface area (TPSA) is 12.5 Å². The molecule has 0 heterocycles. The molecule has 15 heavy (non-hydrogen) atoms. The largest absolute Gasteiger partial charge is 0.369 e. The van der Waals surface area contributed by atoms with Crippen molar-refractivity contribution in [2.45, 2.75) is 26.3 Å². The highest BCUT2D eigenvalue weighted by Crippen LogP contribution is 2.15. The molecule has 84 valence electrons. The fraction of sp³-hybridized carbons (Fsp3) is 0.538. The fourth-order valence-corrected chi connectivity index (χ4v) is 1.59. The second kappa shape index (κ2) is 5.89. The van der Waals surface area contributed by atoms with E-state index in [1.165, 1.54) is 11.1 Å². The Morgan fingerprint density at radius 1 is 1.20 bits per heavy atom. The molecule has 0 atom stereocenters. The Labute approximate surface area is 92.9 Å². The molecule has 1 aromatic carbocycles. The summed E-state index contributed by atoms with van der Waals surface area (Å²) in [6.45, 7) is 6.04. The molecule has 0 saturated carbocycles. The molecule has 0 amide bonds. The van der Waals surface area contributed by atoms with Crippen LogP contribution in [0.4, 0.5) is 0 Å². The number of ether oxygens (including phenoxy) is 1. The summed E-state index contributed by atoms with van der Waals surface area (Å²) < 4.78 is 5.06. The summed E-state index contributed by atoms with van der Waals surface area (Å²) in [7, 11) is 3.78. The highest BCUT2D eigenvalue weighted by molar-refractivity contribution is 5.24. The highest BCUT2D eigenvalue weighted by Gasteiger charge is 2.01. The van der Waals surface area contributed by atoms with E-state index in [-0.39, 0.29) is 0 Å². The van der Waals surface area contributed by atoms with Gasteiger partial charge < -0.3 is 4.74 Å². The molecular formula is C13H21NO. The average molecular weight is 207 g/mol. The molecule has 0 aliphatic rings. The van der Waals surface area contributed by atoms with Crippen LogP contribution in [-0.2, 0) is 11.3 Å². The van der Waals surface area contributed by atoms with E-state index in [4.69, 9.17) is 4.74 Å². The smallest absolute Gasteiger partial charge is 0.0986 e. The molecule has 0 bridgehead atoms. The molecule has 0 N–H and O–H groups in total. The average Bonchev–Trinajstić information content (AvgIpc) is 2.18.